The van der Waals surface area contributed by atoms with Gasteiger partial charge in [-0.15, -0.1) is 0 Å². The molecule has 0 amide bonds. The Morgan fingerprint density at radius 1 is 1.10 bits per heavy atom. The Morgan fingerprint density at radius 3 is 2.20 bits per heavy atom. The number of hydrogen-bond acceptors (Lipinski definition) is 2. The van der Waals surface area contributed by atoms with E-state index >= 15 is 0 Å². The summed E-state index contributed by atoms with van der Waals surface area (Å²) in [7, 11) is 0. The minimum atomic E-state index is -0.00631. The van der Waals surface area contributed by atoms with Gasteiger partial charge in [0.25, 0.3) is 0 Å². The third-order valence-corrected chi connectivity index (χ3v) is 5.39. The quantitative estimate of drug-likeness (QED) is 0.658. The molecule has 1 aliphatic carbocycles. The van der Waals surface area contributed by atoms with Gasteiger partial charge in [0.15, 0.2) is 0 Å². The maximum Gasteiger partial charge on any atom is 0.0806 e. The summed E-state index contributed by atoms with van der Waals surface area (Å²) < 4.78 is 6.18. The maximum atomic E-state index is 6.18. The van der Waals surface area contributed by atoms with Gasteiger partial charge < -0.3 is 10.1 Å². The molecule has 2 atom stereocenters. The van der Waals surface area contributed by atoms with Crippen molar-refractivity contribution in [2.24, 2.45) is 11.8 Å². The van der Waals surface area contributed by atoms with Gasteiger partial charge in [-0.1, -0.05) is 40.0 Å². The van der Waals surface area contributed by atoms with Crippen LogP contribution in [0, 0.1) is 11.8 Å². The Hall–Kier alpha value is -0.0800. The first kappa shape index (κ1) is 18.0. The van der Waals surface area contributed by atoms with Gasteiger partial charge in [0.05, 0.1) is 5.60 Å². The largest absolute Gasteiger partial charge is 0.374 e. The fraction of sp³-hybridized carbons (Fsp3) is 1.00. The van der Waals surface area contributed by atoms with E-state index in [1.54, 1.807) is 0 Å². The topological polar surface area (TPSA) is 21.3 Å². The second-order valence-corrected chi connectivity index (χ2v) is 6.72. The van der Waals surface area contributed by atoms with Crippen LogP contribution in [0.2, 0.25) is 0 Å². The van der Waals surface area contributed by atoms with Gasteiger partial charge in [-0.05, 0) is 57.9 Å². The van der Waals surface area contributed by atoms with Gasteiger partial charge in [-0.3, -0.25) is 0 Å². The van der Waals surface area contributed by atoms with E-state index in [9.17, 15) is 0 Å². The molecule has 1 fully saturated rings. The normalized spacial score (nSPS) is 28.1. The molecule has 0 saturated heterocycles. The molecule has 2 heteroatoms. The SMILES string of the molecule is CCCNC(C1CCC(CC)CC1)C(C)(CC)OCC. The highest BCUT2D eigenvalue weighted by molar-refractivity contribution is 4.95. The fourth-order valence-corrected chi connectivity index (χ4v) is 3.85. The van der Waals surface area contributed by atoms with Crippen LogP contribution in [0.25, 0.3) is 0 Å². The molecule has 2 nitrogen and oxygen atoms in total. The molecule has 20 heavy (non-hydrogen) atoms. The lowest BCUT2D eigenvalue weighted by Crippen LogP contribution is -2.55. The fourth-order valence-electron chi connectivity index (χ4n) is 3.85. The zero-order chi connectivity index (χ0) is 15.0. The van der Waals surface area contributed by atoms with Crippen LogP contribution in [0.5, 0.6) is 0 Å². The van der Waals surface area contributed by atoms with Crippen molar-refractivity contribution in [1.29, 1.82) is 0 Å². The maximum absolute atomic E-state index is 6.18. The van der Waals surface area contributed by atoms with Crippen molar-refractivity contribution < 1.29 is 4.74 Å². The molecular formula is C18H37NO. The summed E-state index contributed by atoms with van der Waals surface area (Å²) in [5.74, 6) is 1.76. The molecule has 1 rings (SSSR count). The minimum Gasteiger partial charge on any atom is -0.374 e. The molecule has 0 heterocycles. The van der Waals surface area contributed by atoms with Gasteiger partial charge in [0.2, 0.25) is 0 Å². The Kier molecular flexibility index (Phi) is 8.13. The number of hydrogen-bond donors (Lipinski definition) is 1. The third kappa shape index (κ3) is 4.73. The van der Waals surface area contributed by atoms with E-state index < -0.39 is 0 Å². The molecule has 1 N–H and O–H groups in total. The van der Waals surface area contributed by atoms with E-state index in [-0.39, 0.29) is 5.60 Å². The van der Waals surface area contributed by atoms with E-state index in [1.165, 1.54) is 38.5 Å². The number of nitrogens with one attached hydrogen (secondary N) is 1. The monoisotopic (exact) mass is 283 g/mol. The Bertz CT molecular complexity index is 248. The molecule has 0 aromatic rings. The highest BCUT2D eigenvalue weighted by Crippen LogP contribution is 2.37. The predicted octanol–water partition coefficient (Wildman–Crippen LogP) is 4.78. The Morgan fingerprint density at radius 2 is 1.75 bits per heavy atom. The van der Waals surface area contributed by atoms with E-state index in [2.05, 4.69) is 39.9 Å². The van der Waals surface area contributed by atoms with Crippen molar-refractivity contribution in [2.45, 2.75) is 91.2 Å². The Labute approximate surface area is 127 Å². The first-order valence-corrected chi connectivity index (χ1v) is 8.98. The van der Waals surface area contributed by atoms with Crippen LogP contribution >= 0.6 is 0 Å². The van der Waals surface area contributed by atoms with Gasteiger partial charge in [0.1, 0.15) is 0 Å². The van der Waals surface area contributed by atoms with Crippen molar-refractivity contribution in [2.75, 3.05) is 13.2 Å². The standard InChI is InChI=1S/C18H37NO/c1-6-14-19-17(18(5,8-3)20-9-4)16-12-10-15(7-2)11-13-16/h15-17,19H,6-14H2,1-5H3. The summed E-state index contributed by atoms with van der Waals surface area (Å²) in [6.45, 7) is 13.2. The molecule has 2 unspecified atom stereocenters. The molecular weight excluding hydrogens is 246 g/mol. The molecule has 0 radical (unpaired) electrons. The first-order chi connectivity index (χ1) is 9.61. The molecule has 0 spiro atoms. The third-order valence-electron chi connectivity index (χ3n) is 5.39. The van der Waals surface area contributed by atoms with Crippen LogP contribution in [-0.2, 0) is 4.74 Å². The lowest BCUT2D eigenvalue weighted by Gasteiger charge is -2.44. The zero-order valence-electron chi connectivity index (χ0n) is 14.5. The second-order valence-electron chi connectivity index (χ2n) is 6.72. The van der Waals surface area contributed by atoms with Crippen LogP contribution < -0.4 is 5.32 Å². The lowest BCUT2D eigenvalue weighted by atomic mass is 9.72. The molecule has 0 bridgehead atoms. The van der Waals surface area contributed by atoms with Gasteiger partial charge >= 0.3 is 0 Å². The summed E-state index contributed by atoms with van der Waals surface area (Å²) in [5.41, 5.74) is -0.00631. The van der Waals surface area contributed by atoms with Crippen LogP contribution in [0.15, 0.2) is 0 Å². The van der Waals surface area contributed by atoms with Crippen LogP contribution in [0.3, 0.4) is 0 Å². The second kappa shape index (κ2) is 9.04. The summed E-state index contributed by atoms with van der Waals surface area (Å²) in [4.78, 5) is 0. The van der Waals surface area contributed by atoms with Gasteiger partial charge in [-0.2, -0.15) is 0 Å². The van der Waals surface area contributed by atoms with E-state index in [4.69, 9.17) is 4.74 Å². The van der Waals surface area contributed by atoms with Crippen molar-refractivity contribution in [3.8, 4) is 0 Å². The summed E-state index contributed by atoms with van der Waals surface area (Å²) in [6.07, 6.45) is 9.23. The lowest BCUT2D eigenvalue weighted by molar-refractivity contribution is -0.0743. The summed E-state index contributed by atoms with van der Waals surface area (Å²) in [5, 5.41) is 3.82. The molecule has 0 aromatic heterocycles. The van der Waals surface area contributed by atoms with Gasteiger partial charge in [0, 0.05) is 12.6 Å². The van der Waals surface area contributed by atoms with Crippen molar-refractivity contribution >= 4 is 0 Å². The van der Waals surface area contributed by atoms with Crippen molar-refractivity contribution in [3.63, 3.8) is 0 Å². The van der Waals surface area contributed by atoms with Crippen LogP contribution in [0.4, 0.5) is 0 Å². The van der Waals surface area contributed by atoms with Crippen molar-refractivity contribution in [3.05, 3.63) is 0 Å². The highest BCUT2D eigenvalue weighted by atomic mass is 16.5. The van der Waals surface area contributed by atoms with E-state index in [0.717, 1.165) is 31.4 Å². The zero-order valence-corrected chi connectivity index (χ0v) is 14.5. The first-order valence-electron chi connectivity index (χ1n) is 8.98. The Balaban J connectivity index is 2.72. The summed E-state index contributed by atoms with van der Waals surface area (Å²) >= 11 is 0. The van der Waals surface area contributed by atoms with Crippen LogP contribution in [-0.4, -0.2) is 24.8 Å². The molecule has 120 valence electrons. The number of ether oxygens (including phenoxy) is 1. The number of rotatable bonds is 9. The molecule has 0 aromatic carbocycles. The minimum absolute atomic E-state index is 0.00631. The molecule has 1 saturated carbocycles. The average Bonchev–Trinajstić information content (AvgIpc) is 2.48. The summed E-state index contributed by atoms with van der Waals surface area (Å²) in [6, 6.07) is 0.519. The predicted molar refractivity (Wildman–Crippen MR) is 88.1 cm³/mol. The average molecular weight is 283 g/mol. The van der Waals surface area contributed by atoms with Crippen molar-refractivity contribution in [1.82, 2.24) is 5.32 Å². The van der Waals surface area contributed by atoms with Gasteiger partial charge in [-0.25, -0.2) is 0 Å². The molecule has 0 aliphatic heterocycles. The highest BCUT2D eigenvalue weighted by Gasteiger charge is 2.39. The smallest absolute Gasteiger partial charge is 0.0806 e. The molecule has 1 aliphatic rings. The van der Waals surface area contributed by atoms with E-state index in [1.807, 2.05) is 0 Å². The van der Waals surface area contributed by atoms with E-state index in [0.29, 0.717) is 6.04 Å². The van der Waals surface area contributed by atoms with Crippen LogP contribution in [0.1, 0.15) is 79.6 Å².